The molecule has 1 aliphatic rings. The Morgan fingerprint density at radius 2 is 2.00 bits per heavy atom. The summed E-state index contributed by atoms with van der Waals surface area (Å²) in [7, 11) is 3.30. The highest BCUT2D eigenvalue weighted by Gasteiger charge is 2.36. The van der Waals surface area contributed by atoms with E-state index in [1.807, 2.05) is 6.07 Å². The number of amides is 2. The van der Waals surface area contributed by atoms with Gasteiger partial charge < -0.3 is 20.6 Å². The number of carbonyl (C=O) groups excluding carboxylic acids is 2. The van der Waals surface area contributed by atoms with Crippen LogP contribution in [0.25, 0.3) is 0 Å². The van der Waals surface area contributed by atoms with Crippen LogP contribution in [0.5, 0.6) is 0 Å². The van der Waals surface area contributed by atoms with Gasteiger partial charge in [0, 0.05) is 19.7 Å². The highest BCUT2D eigenvalue weighted by atomic mass is 16.6. The van der Waals surface area contributed by atoms with E-state index in [4.69, 9.17) is 15.7 Å². The normalized spacial score (nSPS) is 16.6. The lowest BCUT2D eigenvalue weighted by atomic mass is 10.0. The van der Waals surface area contributed by atoms with Gasteiger partial charge in [-0.1, -0.05) is 23.4 Å². The van der Waals surface area contributed by atoms with Gasteiger partial charge in [0.15, 0.2) is 5.84 Å². The van der Waals surface area contributed by atoms with Crippen molar-refractivity contribution in [3.05, 3.63) is 34.9 Å². The topological polar surface area (TPSA) is 108 Å². The molecule has 3 N–H and O–H groups in total. The molecule has 8 nitrogen and oxygen atoms in total. The fraction of sp³-hybridized carbons (Fsp3) is 0.526. The largest absolute Gasteiger partial charge is 0.444 e. The van der Waals surface area contributed by atoms with Gasteiger partial charge in [0.05, 0.1) is 6.04 Å². The van der Waals surface area contributed by atoms with Crippen LogP contribution in [0.15, 0.2) is 23.4 Å². The van der Waals surface area contributed by atoms with Gasteiger partial charge in [-0.25, -0.2) is 4.79 Å². The van der Waals surface area contributed by atoms with E-state index in [1.165, 1.54) is 9.80 Å². The quantitative estimate of drug-likeness (QED) is 0.362. The number of carbonyl (C=O) groups is 2. The lowest BCUT2D eigenvalue weighted by Gasteiger charge is -2.32. The Balaban J connectivity index is 2.41. The Kier molecular flexibility index (Phi) is 5.98. The molecule has 1 aliphatic carbocycles. The third-order valence-corrected chi connectivity index (χ3v) is 4.43. The Labute approximate surface area is 159 Å². The van der Waals surface area contributed by atoms with Crippen molar-refractivity contribution >= 4 is 17.8 Å². The van der Waals surface area contributed by atoms with E-state index in [2.05, 4.69) is 5.16 Å². The van der Waals surface area contributed by atoms with Gasteiger partial charge in [0.1, 0.15) is 12.1 Å². The molecule has 2 rings (SSSR count). The summed E-state index contributed by atoms with van der Waals surface area (Å²) < 4.78 is 5.53. The molecular formula is C19H28N4O4. The Morgan fingerprint density at radius 1 is 1.33 bits per heavy atom. The maximum absolute atomic E-state index is 12.8. The predicted molar refractivity (Wildman–Crippen MR) is 102 cm³/mol. The minimum Gasteiger partial charge on any atom is -0.444 e. The third-order valence-electron chi connectivity index (χ3n) is 4.43. The molecule has 0 radical (unpaired) electrons. The van der Waals surface area contributed by atoms with E-state index in [0.29, 0.717) is 18.4 Å². The van der Waals surface area contributed by atoms with Crippen molar-refractivity contribution in [2.24, 2.45) is 10.9 Å². The summed E-state index contributed by atoms with van der Waals surface area (Å²) in [5, 5.41) is 12.1. The molecule has 0 bridgehead atoms. The zero-order valence-electron chi connectivity index (χ0n) is 16.5. The van der Waals surface area contributed by atoms with Crippen LogP contribution < -0.4 is 5.73 Å². The van der Waals surface area contributed by atoms with E-state index >= 15 is 0 Å². The molecule has 1 atom stereocenters. The lowest BCUT2D eigenvalue weighted by Crippen LogP contribution is -2.44. The summed E-state index contributed by atoms with van der Waals surface area (Å²) in [5.74, 6) is -0.164. The van der Waals surface area contributed by atoms with Crippen molar-refractivity contribution in [2.45, 2.75) is 45.3 Å². The molecule has 0 saturated heterocycles. The van der Waals surface area contributed by atoms with Crippen molar-refractivity contribution < 1.29 is 19.5 Å². The average Bonchev–Trinajstić information content (AvgIpc) is 3.00. The second-order valence-electron chi connectivity index (χ2n) is 7.81. The molecule has 1 unspecified atom stereocenters. The summed E-state index contributed by atoms with van der Waals surface area (Å²) in [6.45, 7) is 5.28. The number of nitrogens with zero attached hydrogens (tertiary/aromatic N) is 3. The minimum absolute atomic E-state index is 0.0284. The van der Waals surface area contributed by atoms with Crippen molar-refractivity contribution in [2.75, 3.05) is 20.6 Å². The van der Waals surface area contributed by atoms with Gasteiger partial charge in [-0.15, -0.1) is 0 Å². The van der Waals surface area contributed by atoms with Crippen LogP contribution in [0.3, 0.4) is 0 Å². The number of hydrogen-bond acceptors (Lipinski definition) is 5. The summed E-state index contributed by atoms with van der Waals surface area (Å²) in [6, 6.07) is 5.16. The van der Waals surface area contributed by atoms with Gasteiger partial charge in [-0.05, 0) is 44.7 Å². The molecular weight excluding hydrogens is 348 g/mol. The van der Waals surface area contributed by atoms with E-state index in [0.717, 1.165) is 11.1 Å². The molecule has 0 fully saturated rings. The molecule has 148 valence electrons. The first-order valence-corrected chi connectivity index (χ1v) is 8.84. The summed E-state index contributed by atoms with van der Waals surface area (Å²) in [5.41, 5.74) is 7.56. The first-order chi connectivity index (χ1) is 12.5. The maximum atomic E-state index is 12.8. The van der Waals surface area contributed by atoms with Crippen LogP contribution in [0, 0.1) is 0 Å². The van der Waals surface area contributed by atoms with Crippen molar-refractivity contribution in [1.82, 2.24) is 9.80 Å². The highest BCUT2D eigenvalue weighted by molar-refractivity contribution is 5.99. The fourth-order valence-electron chi connectivity index (χ4n) is 3.16. The molecule has 1 aromatic rings. The number of nitrogens with two attached hydrogens (primary N) is 1. The molecule has 0 aromatic heterocycles. The summed E-state index contributed by atoms with van der Waals surface area (Å²) in [4.78, 5) is 28.1. The van der Waals surface area contributed by atoms with Crippen LogP contribution in [0.2, 0.25) is 0 Å². The molecule has 0 aliphatic heterocycles. The van der Waals surface area contributed by atoms with E-state index in [-0.39, 0.29) is 24.3 Å². The number of benzene rings is 1. The van der Waals surface area contributed by atoms with E-state index < -0.39 is 11.7 Å². The lowest BCUT2D eigenvalue weighted by molar-refractivity contribution is -0.130. The first kappa shape index (κ1) is 20.5. The standard InChI is InChI=1S/C19H28N4O4/c1-19(2,3)27-18(25)23(11-16(24)22(4)5)15-10-9-12-13(15)7-6-8-14(12)17(20)21-26/h6-8,15,26H,9-11H2,1-5H3,(H2,20,21). The van der Waals surface area contributed by atoms with Crippen molar-refractivity contribution in [3.8, 4) is 0 Å². The summed E-state index contributed by atoms with van der Waals surface area (Å²) >= 11 is 0. The molecule has 1 aromatic carbocycles. The van der Waals surface area contributed by atoms with Gasteiger partial charge in [-0.2, -0.15) is 0 Å². The van der Waals surface area contributed by atoms with Gasteiger partial charge >= 0.3 is 6.09 Å². The number of hydrogen-bond donors (Lipinski definition) is 2. The van der Waals surface area contributed by atoms with Crippen LogP contribution >= 0.6 is 0 Å². The first-order valence-electron chi connectivity index (χ1n) is 8.84. The Bertz CT molecular complexity index is 753. The highest BCUT2D eigenvalue weighted by Crippen LogP contribution is 2.38. The number of ether oxygens (including phenoxy) is 1. The molecule has 0 saturated carbocycles. The summed E-state index contributed by atoms with van der Waals surface area (Å²) in [6.07, 6.45) is 0.747. The fourth-order valence-corrected chi connectivity index (χ4v) is 3.16. The SMILES string of the molecule is CN(C)C(=O)CN(C(=O)OC(C)(C)C)C1CCc2c(C(N)=NO)cccc21. The zero-order chi connectivity index (χ0) is 20.4. The zero-order valence-corrected chi connectivity index (χ0v) is 16.5. The molecule has 0 spiro atoms. The Hall–Kier alpha value is -2.77. The van der Waals surface area contributed by atoms with Crippen molar-refractivity contribution in [1.29, 1.82) is 0 Å². The minimum atomic E-state index is -0.673. The van der Waals surface area contributed by atoms with E-state index in [9.17, 15) is 9.59 Å². The van der Waals surface area contributed by atoms with Crippen LogP contribution in [-0.2, 0) is 16.0 Å². The molecule has 27 heavy (non-hydrogen) atoms. The number of likely N-dealkylation sites (N-methyl/N-ethyl adjacent to an activating group) is 1. The number of rotatable bonds is 4. The predicted octanol–water partition coefficient (Wildman–Crippen LogP) is 2.09. The number of amidine groups is 1. The van der Waals surface area contributed by atoms with Crippen molar-refractivity contribution in [3.63, 3.8) is 0 Å². The number of fused-ring (bicyclic) bond motifs is 1. The second kappa shape index (κ2) is 7.85. The monoisotopic (exact) mass is 376 g/mol. The van der Waals surface area contributed by atoms with Crippen LogP contribution in [0.4, 0.5) is 4.79 Å². The third kappa shape index (κ3) is 4.69. The van der Waals surface area contributed by atoms with Crippen LogP contribution in [0.1, 0.15) is 49.9 Å². The van der Waals surface area contributed by atoms with Gasteiger partial charge in [0.25, 0.3) is 0 Å². The molecule has 2 amide bonds. The van der Waals surface area contributed by atoms with Gasteiger partial charge in [-0.3, -0.25) is 9.69 Å². The molecule has 8 heteroatoms. The second-order valence-corrected chi connectivity index (χ2v) is 7.81. The molecule has 0 heterocycles. The smallest absolute Gasteiger partial charge is 0.411 e. The van der Waals surface area contributed by atoms with Gasteiger partial charge in [0.2, 0.25) is 5.91 Å². The number of oxime groups is 1. The Morgan fingerprint density at radius 3 is 2.56 bits per heavy atom. The maximum Gasteiger partial charge on any atom is 0.411 e. The average molecular weight is 376 g/mol. The van der Waals surface area contributed by atoms with E-state index in [1.54, 1.807) is 47.0 Å². The van der Waals surface area contributed by atoms with Crippen LogP contribution in [-0.4, -0.2) is 59.1 Å².